The van der Waals surface area contributed by atoms with Gasteiger partial charge in [-0.3, -0.25) is 9.59 Å². The third-order valence-corrected chi connectivity index (χ3v) is 7.44. The molecule has 2 aromatic rings. The molecular formula is C24H32N4O4S. The van der Waals surface area contributed by atoms with Gasteiger partial charge in [-0.2, -0.15) is 0 Å². The summed E-state index contributed by atoms with van der Waals surface area (Å²) in [6.45, 7) is 9.15. The number of benzene rings is 2. The SMILES string of the molecule is CCN(CC)CCNC(=O)c1ccc2c(c1)NC(=O)C(CS(=O)(=O)Cc1ccccc1C)N2. The summed E-state index contributed by atoms with van der Waals surface area (Å²) in [5.41, 5.74) is 3.11. The van der Waals surface area contributed by atoms with E-state index in [1.54, 1.807) is 30.3 Å². The highest BCUT2D eigenvalue weighted by molar-refractivity contribution is 7.90. The summed E-state index contributed by atoms with van der Waals surface area (Å²) >= 11 is 0. The second-order valence-corrected chi connectivity index (χ2v) is 10.3. The zero-order valence-corrected chi connectivity index (χ0v) is 20.2. The maximum Gasteiger partial charge on any atom is 0.251 e. The van der Waals surface area contributed by atoms with Crippen LogP contribution in [0.1, 0.15) is 35.3 Å². The lowest BCUT2D eigenvalue weighted by Crippen LogP contribution is -2.43. The van der Waals surface area contributed by atoms with Gasteiger partial charge >= 0.3 is 0 Å². The average molecular weight is 473 g/mol. The van der Waals surface area contributed by atoms with E-state index < -0.39 is 21.8 Å². The Morgan fingerprint density at radius 1 is 1.09 bits per heavy atom. The number of nitrogens with one attached hydrogen (secondary N) is 3. The molecule has 178 valence electrons. The second-order valence-electron chi connectivity index (χ2n) is 8.21. The second kappa shape index (κ2) is 10.8. The van der Waals surface area contributed by atoms with Gasteiger partial charge in [0, 0.05) is 18.7 Å². The smallest absolute Gasteiger partial charge is 0.251 e. The first-order valence-electron chi connectivity index (χ1n) is 11.2. The Morgan fingerprint density at radius 2 is 1.82 bits per heavy atom. The number of rotatable bonds is 10. The number of sulfone groups is 1. The van der Waals surface area contributed by atoms with E-state index in [4.69, 9.17) is 0 Å². The van der Waals surface area contributed by atoms with Gasteiger partial charge in [-0.25, -0.2) is 8.42 Å². The first kappa shape index (κ1) is 24.7. The number of hydrogen-bond acceptors (Lipinski definition) is 6. The van der Waals surface area contributed by atoms with Crippen molar-refractivity contribution in [1.29, 1.82) is 0 Å². The molecule has 1 heterocycles. The van der Waals surface area contributed by atoms with E-state index in [1.807, 2.05) is 19.1 Å². The van der Waals surface area contributed by atoms with E-state index >= 15 is 0 Å². The molecule has 0 aromatic heterocycles. The molecule has 3 N–H and O–H groups in total. The van der Waals surface area contributed by atoms with E-state index in [0.717, 1.165) is 30.8 Å². The number of carbonyl (C=O) groups is 2. The highest BCUT2D eigenvalue weighted by atomic mass is 32.2. The van der Waals surface area contributed by atoms with Crippen molar-refractivity contribution < 1.29 is 18.0 Å². The third-order valence-electron chi connectivity index (χ3n) is 5.85. The van der Waals surface area contributed by atoms with Crippen molar-refractivity contribution in [2.24, 2.45) is 0 Å². The molecule has 2 amide bonds. The van der Waals surface area contributed by atoms with E-state index in [0.29, 0.717) is 23.5 Å². The van der Waals surface area contributed by atoms with Gasteiger partial charge in [0.25, 0.3) is 5.91 Å². The van der Waals surface area contributed by atoms with Gasteiger partial charge < -0.3 is 20.9 Å². The molecule has 1 aliphatic heterocycles. The molecule has 0 fully saturated rings. The van der Waals surface area contributed by atoms with Crippen LogP contribution in [0.15, 0.2) is 42.5 Å². The first-order valence-corrected chi connectivity index (χ1v) is 13.0. The Kier molecular flexibility index (Phi) is 8.10. The molecule has 1 unspecified atom stereocenters. The van der Waals surface area contributed by atoms with Crippen LogP contribution in [-0.2, 0) is 20.4 Å². The van der Waals surface area contributed by atoms with Crippen LogP contribution in [0, 0.1) is 6.92 Å². The van der Waals surface area contributed by atoms with E-state index in [9.17, 15) is 18.0 Å². The lowest BCUT2D eigenvalue weighted by Gasteiger charge is -2.27. The van der Waals surface area contributed by atoms with E-state index in [-0.39, 0.29) is 17.4 Å². The van der Waals surface area contributed by atoms with Crippen LogP contribution >= 0.6 is 0 Å². The molecule has 2 aromatic carbocycles. The van der Waals surface area contributed by atoms with Crippen LogP contribution in [0.2, 0.25) is 0 Å². The zero-order valence-electron chi connectivity index (χ0n) is 19.3. The summed E-state index contributed by atoms with van der Waals surface area (Å²) in [6, 6.07) is 11.4. The highest BCUT2D eigenvalue weighted by Crippen LogP contribution is 2.28. The van der Waals surface area contributed by atoms with Crippen molar-refractivity contribution in [3.8, 4) is 0 Å². The lowest BCUT2D eigenvalue weighted by atomic mass is 10.1. The summed E-state index contributed by atoms with van der Waals surface area (Å²) in [4.78, 5) is 27.3. The number of hydrogen-bond donors (Lipinski definition) is 3. The van der Waals surface area contributed by atoms with Gasteiger partial charge in [-0.05, 0) is 49.3 Å². The summed E-state index contributed by atoms with van der Waals surface area (Å²) in [7, 11) is -3.53. The summed E-state index contributed by atoms with van der Waals surface area (Å²) in [5, 5.41) is 8.65. The van der Waals surface area contributed by atoms with Crippen molar-refractivity contribution in [1.82, 2.24) is 10.2 Å². The standard InChI is InChI=1S/C24H32N4O4S/c1-4-28(5-2)13-12-25-23(29)18-10-11-20-21(14-18)27-24(30)22(26-20)16-33(31,32)15-19-9-7-6-8-17(19)3/h6-11,14,22,26H,4-5,12-13,15-16H2,1-3H3,(H,25,29)(H,27,30). The Bertz CT molecular complexity index is 1110. The van der Waals surface area contributed by atoms with Crippen molar-refractivity contribution in [2.75, 3.05) is 42.6 Å². The van der Waals surface area contributed by atoms with Crippen LogP contribution in [0.25, 0.3) is 0 Å². The maximum absolute atomic E-state index is 12.7. The molecular weight excluding hydrogens is 440 g/mol. The van der Waals surface area contributed by atoms with Gasteiger partial charge in [0.1, 0.15) is 6.04 Å². The lowest BCUT2D eigenvalue weighted by molar-refractivity contribution is -0.116. The molecule has 0 spiro atoms. The Labute approximate surface area is 195 Å². The molecule has 0 saturated heterocycles. The van der Waals surface area contributed by atoms with Crippen LogP contribution in [0.5, 0.6) is 0 Å². The van der Waals surface area contributed by atoms with Crippen LogP contribution in [-0.4, -0.2) is 63.1 Å². The number of aryl methyl sites for hydroxylation is 1. The quantitative estimate of drug-likeness (QED) is 0.490. The number of carbonyl (C=O) groups excluding carboxylic acids is 2. The summed E-state index contributed by atoms with van der Waals surface area (Å²) in [5.74, 6) is -1.10. The van der Waals surface area contributed by atoms with E-state index in [2.05, 4.69) is 34.7 Å². The van der Waals surface area contributed by atoms with Gasteiger partial charge in [-0.15, -0.1) is 0 Å². The zero-order chi connectivity index (χ0) is 24.0. The van der Waals surface area contributed by atoms with Crippen LogP contribution in [0.3, 0.4) is 0 Å². The topological polar surface area (TPSA) is 108 Å². The number of likely N-dealkylation sites (N-methyl/N-ethyl adjacent to an activating group) is 1. The third kappa shape index (κ3) is 6.55. The molecule has 1 aliphatic rings. The Hall–Kier alpha value is -2.91. The minimum absolute atomic E-state index is 0.120. The normalized spacial score (nSPS) is 15.5. The van der Waals surface area contributed by atoms with Gasteiger partial charge in [0.2, 0.25) is 5.91 Å². The highest BCUT2D eigenvalue weighted by Gasteiger charge is 2.30. The fraction of sp³-hybridized carbons (Fsp3) is 0.417. The minimum Gasteiger partial charge on any atom is -0.371 e. The van der Waals surface area contributed by atoms with E-state index in [1.165, 1.54) is 0 Å². The fourth-order valence-corrected chi connectivity index (χ4v) is 5.45. The molecule has 8 nitrogen and oxygen atoms in total. The molecule has 33 heavy (non-hydrogen) atoms. The predicted octanol–water partition coefficient (Wildman–Crippen LogP) is 2.41. The van der Waals surface area contributed by atoms with Crippen LogP contribution in [0.4, 0.5) is 11.4 Å². The monoisotopic (exact) mass is 472 g/mol. The van der Waals surface area contributed by atoms with Crippen molar-refractivity contribution in [3.05, 3.63) is 59.2 Å². The largest absolute Gasteiger partial charge is 0.371 e. The van der Waals surface area contributed by atoms with Crippen molar-refractivity contribution >= 4 is 33.0 Å². The fourth-order valence-electron chi connectivity index (χ4n) is 3.80. The molecule has 0 saturated carbocycles. The first-order chi connectivity index (χ1) is 15.7. The molecule has 0 aliphatic carbocycles. The van der Waals surface area contributed by atoms with Gasteiger partial charge in [-0.1, -0.05) is 38.1 Å². The van der Waals surface area contributed by atoms with Crippen molar-refractivity contribution in [2.45, 2.75) is 32.6 Å². The predicted molar refractivity (Wildman–Crippen MR) is 131 cm³/mol. The maximum atomic E-state index is 12.7. The van der Waals surface area contributed by atoms with Crippen molar-refractivity contribution in [3.63, 3.8) is 0 Å². The number of nitrogens with zero attached hydrogens (tertiary/aromatic N) is 1. The van der Waals surface area contributed by atoms with Crippen LogP contribution < -0.4 is 16.0 Å². The average Bonchev–Trinajstić information content (AvgIpc) is 2.78. The molecule has 9 heteroatoms. The summed E-state index contributed by atoms with van der Waals surface area (Å²) in [6.07, 6.45) is 0. The number of anilines is 2. The minimum atomic E-state index is -3.53. The van der Waals surface area contributed by atoms with Gasteiger partial charge in [0.15, 0.2) is 9.84 Å². The number of amides is 2. The molecule has 3 rings (SSSR count). The number of fused-ring (bicyclic) bond motifs is 1. The van der Waals surface area contributed by atoms with Gasteiger partial charge in [0.05, 0.1) is 22.9 Å². The Morgan fingerprint density at radius 3 is 2.52 bits per heavy atom. The summed E-state index contributed by atoms with van der Waals surface area (Å²) < 4.78 is 25.5. The Balaban J connectivity index is 1.63. The molecule has 0 bridgehead atoms. The molecule has 1 atom stereocenters. The molecule has 0 radical (unpaired) electrons.